The van der Waals surface area contributed by atoms with Crippen LogP contribution in [0.2, 0.25) is 0 Å². The van der Waals surface area contributed by atoms with Crippen LogP contribution in [0.25, 0.3) is 0 Å². The van der Waals surface area contributed by atoms with E-state index in [4.69, 9.17) is 10.5 Å². The molecular weight excluding hydrogens is 330 g/mol. The maximum Gasteiger partial charge on any atom is 0.119 e. The van der Waals surface area contributed by atoms with Crippen molar-refractivity contribution in [2.45, 2.75) is 39.3 Å². The Balaban J connectivity index is 1.96. The van der Waals surface area contributed by atoms with Crippen LogP contribution < -0.4 is 10.5 Å². The molecule has 1 heterocycles. The van der Waals surface area contributed by atoms with Gasteiger partial charge in [-0.3, -0.25) is 4.68 Å². The lowest BCUT2D eigenvalue weighted by molar-refractivity contribution is 0.294. The Morgan fingerprint density at radius 3 is 2.81 bits per heavy atom. The summed E-state index contributed by atoms with van der Waals surface area (Å²) in [5.41, 5.74) is 8.52. The molecule has 0 aliphatic rings. The van der Waals surface area contributed by atoms with E-state index in [9.17, 15) is 0 Å². The average molecular weight is 352 g/mol. The van der Waals surface area contributed by atoms with Crippen LogP contribution in [0, 0.1) is 6.92 Å². The maximum atomic E-state index is 6.30. The van der Waals surface area contributed by atoms with Crippen molar-refractivity contribution in [3.63, 3.8) is 0 Å². The molecule has 0 aliphatic heterocycles. The van der Waals surface area contributed by atoms with Crippen LogP contribution in [0.4, 0.5) is 0 Å². The van der Waals surface area contributed by atoms with Crippen molar-refractivity contribution < 1.29 is 4.74 Å². The van der Waals surface area contributed by atoms with E-state index in [1.54, 1.807) is 6.20 Å². The highest BCUT2D eigenvalue weighted by Crippen LogP contribution is 2.26. The summed E-state index contributed by atoms with van der Waals surface area (Å²) in [6, 6.07) is 8.22. The van der Waals surface area contributed by atoms with Gasteiger partial charge in [0.1, 0.15) is 5.75 Å². The van der Waals surface area contributed by atoms with Crippen LogP contribution in [0.5, 0.6) is 5.75 Å². The van der Waals surface area contributed by atoms with Gasteiger partial charge in [-0.1, -0.05) is 12.1 Å². The summed E-state index contributed by atoms with van der Waals surface area (Å²) in [4.78, 5) is 0. The molecule has 0 saturated carbocycles. The molecule has 1 aromatic heterocycles. The van der Waals surface area contributed by atoms with E-state index >= 15 is 0 Å². The first-order valence-electron chi connectivity index (χ1n) is 7.17. The Kier molecular flexibility index (Phi) is 5.42. The van der Waals surface area contributed by atoms with Crippen molar-refractivity contribution in [2.75, 3.05) is 6.61 Å². The summed E-state index contributed by atoms with van der Waals surface area (Å²) in [7, 11) is 0. The molecule has 114 valence electrons. The smallest absolute Gasteiger partial charge is 0.119 e. The second kappa shape index (κ2) is 7.09. The predicted octanol–water partition coefficient (Wildman–Crippen LogP) is 4.00. The van der Waals surface area contributed by atoms with Crippen LogP contribution in [-0.2, 0) is 0 Å². The zero-order chi connectivity index (χ0) is 15.4. The molecule has 2 N–H and O–H groups in total. The number of aromatic nitrogens is 2. The van der Waals surface area contributed by atoms with E-state index < -0.39 is 0 Å². The molecule has 1 atom stereocenters. The summed E-state index contributed by atoms with van der Waals surface area (Å²) in [6.45, 7) is 6.83. The molecule has 4 nitrogen and oxygen atoms in total. The molecule has 0 radical (unpaired) electrons. The molecule has 2 aromatic rings. The number of benzene rings is 1. The summed E-state index contributed by atoms with van der Waals surface area (Å²) in [5.74, 6) is 0.888. The van der Waals surface area contributed by atoms with E-state index in [1.165, 1.54) is 5.56 Å². The van der Waals surface area contributed by atoms with Gasteiger partial charge in [-0.15, -0.1) is 0 Å². The van der Waals surface area contributed by atoms with Gasteiger partial charge in [0, 0.05) is 12.5 Å². The fourth-order valence-corrected chi connectivity index (χ4v) is 2.82. The van der Waals surface area contributed by atoms with Crippen molar-refractivity contribution in [3.8, 4) is 5.75 Å². The monoisotopic (exact) mass is 351 g/mol. The highest BCUT2D eigenvalue weighted by atomic mass is 79.9. The molecule has 0 bridgehead atoms. The molecule has 0 saturated heterocycles. The molecule has 21 heavy (non-hydrogen) atoms. The van der Waals surface area contributed by atoms with Crippen LogP contribution in [0.15, 0.2) is 34.9 Å². The molecule has 0 fully saturated rings. The lowest BCUT2D eigenvalue weighted by atomic mass is 10.1. The van der Waals surface area contributed by atoms with Crippen LogP contribution in [0.3, 0.4) is 0 Å². The number of halogens is 1. The zero-order valence-electron chi connectivity index (χ0n) is 12.7. The topological polar surface area (TPSA) is 53.1 Å². The van der Waals surface area contributed by atoms with Gasteiger partial charge < -0.3 is 10.5 Å². The highest BCUT2D eigenvalue weighted by Gasteiger charge is 2.18. The highest BCUT2D eigenvalue weighted by molar-refractivity contribution is 9.10. The summed E-state index contributed by atoms with van der Waals surface area (Å²) < 4.78 is 8.69. The SMILES string of the molecule is Cc1cccc(OCCC(N)c2c(Br)cnn2C(C)C)c1. The minimum Gasteiger partial charge on any atom is -0.494 e. The van der Waals surface area contributed by atoms with Crippen LogP contribution >= 0.6 is 15.9 Å². The van der Waals surface area contributed by atoms with Gasteiger partial charge in [0.2, 0.25) is 0 Å². The van der Waals surface area contributed by atoms with Crippen LogP contribution in [-0.4, -0.2) is 16.4 Å². The quantitative estimate of drug-likeness (QED) is 0.855. The molecule has 0 amide bonds. The number of aryl methyl sites for hydroxylation is 1. The van der Waals surface area contributed by atoms with E-state index in [2.05, 4.69) is 47.9 Å². The first-order valence-corrected chi connectivity index (χ1v) is 7.96. The van der Waals surface area contributed by atoms with Crippen molar-refractivity contribution >= 4 is 15.9 Å². The maximum absolute atomic E-state index is 6.30. The Morgan fingerprint density at radius 1 is 1.38 bits per heavy atom. The second-order valence-electron chi connectivity index (χ2n) is 5.48. The standard InChI is InChI=1S/C16H22BrN3O/c1-11(2)20-16(14(17)10-19-20)15(18)7-8-21-13-6-4-5-12(3)9-13/h4-6,9-11,15H,7-8,18H2,1-3H3. The van der Waals surface area contributed by atoms with E-state index in [0.29, 0.717) is 6.61 Å². The lowest BCUT2D eigenvalue weighted by Crippen LogP contribution is -2.20. The lowest BCUT2D eigenvalue weighted by Gasteiger charge is -2.17. The van der Waals surface area contributed by atoms with E-state index in [-0.39, 0.29) is 12.1 Å². The third-order valence-corrected chi connectivity index (χ3v) is 3.93. The Hall–Kier alpha value is -1.33. The fourth-order valence-electron chi connectivity index (χ4n) is 2.25. The Labute approximate surface area is 134 Å². The van der Waals surface area contributed by atoms with Gasteiger partial charge in [-0.2, -0.15) is 5.10 Å². The number of ether oxygens (including phenoxy) is 1. The van der Waals surface area contributed by atoms with Crippen molar-refractivity contribution in [1.29, 1.82) is 0 Å². The van der Waals surface area contributed by atoms with Gasteiger partial charge in [0.05, 0.1) is 29.0 Å². The summed E-state index contributed by atoms with van der Waals surface area (Å²) >= 11 is 3.53. The van der Waals surface area contributed by atoms with Crippen molar-refractivity contribution in [1.82, 2.24) is 9.78 Å². The number of rotatable bonds is 6. The predicted molar refractivity (Wildman–Crippen MR) is 88.5 cm³/mol. The van der Waals surface area contributed by atoms with Crippen LogP contribution in [0.1, 0.15) is 43.6 Å². The van der Waals surface area contributed by atoms with Crippen molar-refractivity contribution in [2.24, 2.45) is 5.73 Å². The Bertz CT molecular complexity index is 595. The number of nitrogens with two attached hydrogens (primary N) is 1. The largest absolute Gasteiger partial charge is 0.494 e. The third-order valence-electron chi connectivity index (χ3n) is 3.31. The number of hydrogen-bond acceptors (Lipinski definition) is 3. The summed E-state index contributed by atoms with van der Waals surface area (Å²) in [6.07, 6.45) is 2.54. The fraction of sp³-hybridized carbons (Fsp3) is 0.438. The van der Waals surface area contributed by atoms with E-state index in [0.717, 1.165) is 22.3 Å². The van der Waals surface area contributed by atoms with Gasteiger partial charge in [0.15, 0.2) is 0 Å². The minimum absolute atomic E-state index is 0.103. The zero-order valence-corrected chi connectivity index (χ0v) is 14.3. The van der Waals surface area contributed by atoms with Gasteiger partial charge in [0.25, 0.3) is 0 Å². The second-order valence-corrected chi connectivity index (χ2v) is 6.33. The molecule has 5 heteroatoms. The normalized spacial score (nSPS) is 12.7. The van der Waals surface area contributed by atoms with Gasteiger partial charge in [-0.25, -0.2) is 0 Å². The Morgan fingerprint density at radius 2 is 2.14 bits per heavy atom. The molecule has 0 spiro atoms. The molecule has 1 unspecified atom stereocenters. The number of hydrogen-bond donors (Lipinski definition) is 1. The number of nitrogens with zero attached hydrogens (tertiary/aromatic N) is 2. The van der Waals surface area contributed by atoms with E-state index in [1.807, 2.05) is 22.9 Å². The first kappa shape index (κ1) is 16.0. The molecular formula is C16H22BrN3O. The minimum atomic E-state index is -0.103. The molecule has 2 rings (SSSR count). The first-order chi connectivity index (χ1) is 9.99. The molecule has 0 aliphatic carbocycles. The summed E-state index contributed by atoms with van der Waals surface area (Å²) in [5, 5.41) is 4.36. The van der Waals surface area contributed by atoms with Gasteiger partial charge in [-0.05, 0) is 54.4 Å². The molecule has 1 aromatic carbocycles. The van der Waals surface area contributed by atoms with Gasteiger partial charge >= 0.3 is 0 Å². The van der Waals surface area contributed by atoms with Crippen molar-refractivity contribution in [3.05, 3.63) is 46.2 Å². The third kappa shape index (κ3) is 4.08. The average Bonchev–Trinajstić information content (AvgIpc) is 2.81.